The van der Waals surface area contributed by atoms with Gasteiger partial charge in [0.2, 0.25) is 11.8 Å². The molecule has 0 aliphatic rings. The van der Waals surface area contributed by atoms with E-state index >= 15 is 0 Å². The molecule has 0 aromatic heterocycles. The highest BCUT2D eigenvalue weighted by Crippen LogP contribution is 2.20. The Morgan fingerprint density at radius 3 is 2.32 bits per heavy atom. The van der Waals surface area contributed by atoms with Crippen molar-refractivity contribution in [1.82, 2.24) is 4.90 Å². The second-order valence-electron chi connectivity index (χ2n) is 10.2. The van der Waals surface area contributed by atoms with Gasteiger partial charge in [0, 0.05) is 25.6 Å². The number of carbonyl (C=O) groups excluding carboxylic acids is 2. The van der Waals surface area contributed by atoms with E-state index in [9.17, 15) is 23.1 Å². The van der Waals surface area contributed by atoms with Gasteiger partial charge in [-0.2, -0.15) is 0 Å². The first kappa shape index (κ1) is 31.3. The maximum atomic E-state index is 13.7. The van der Waals surface area contributed by atoms with Gasteiger partial charge in [-0.05, 0) is 42.0 Å². The van der Waals surface area contributed by atoms with Gasteiger partial charge in [0.15, 0.2) is 9.84 Å². The quantitative estimate of drug-likeness (QED) is 0.290. The number of methoxy groups -OCH3 is 1. The molecule has 10 heteroatoms. The maximum Gasteiger partial charge on any atom is 0.227 e. The number of nitrogens with two attached hydrogens (primary N) is 2. The van der Waals surface area contributed by atoms with Crippen molar-refractivity contribution >= 4 is 21.7 Å². The first-order valence-electron chi connectivity index (χ1n) is 12.8. The van der Waals surface area contributed by atoms with Gasteiger partial charge in [-0.25, -0.2) is 8.42 Å². The molecule has 2 rings (SSSR count). The van der Waals surface area contributed by atoms with Crippen LogP contribution >= 0.6 is 0 Å². The summed E-state index contributed by atoms with van der Waals surface area (Å²) in [6.07, 6.45) is -0.685. The number of hydrogen-bond acceptors (Lipinski definition) is 7. The highest BCUT2D eigenvalue weighted by atomic mass is 32.2. The molecule has 0 saturated heterocycles. The van der Waals surface area contributed by atoms with Crippen molar-refractivity contribution in [3.63, 3.8) is 0 Å². The van der Waals surface area contributed by atoms with E-state index in [2.05, 4.69) is 0 Å². The number of aliphatic hydroxyl groups excluding tert-OH is 1. The SMILES string of the molecule is COc1cccc(CN(C[C@@H](O)[C@@H](N)Cc2ccccc2)C(=O)C(CC(N)=O)CS(=O)(=O)CCC(C)C)c1. The summed E-state index contributed by atoms with van der Waals surface area (Å²) in [6, 6.07) is 15.8. The first-order chi connectivity index (χ1) is 17.9. The summed E-state index contributed by atoms with van der Waals surface area (Å²) in [7, 11) is -2.10. The van der Waals surface area contributed by atoms with Crippen molar-refractivity contribution in [1.29, 1.82) is 0 Å². The molecule has 2 aromatic carbocycles. The third-order valence-corrected chi connectivity index (χ3v) is 8.06. The van der Waals surface area contributed by atoms with E-state index in [0.717, 1.165) is 5.56 Å². The summed E-state index contributed by atoms with van der Waals surface area (Å²) in [5.74, 6) is -2.36. The predicted molar refractivity (Wildman–Crippen MR) is 148 cm³/mol. The molecule has 210 valence electrons. The fraction of sp³-hybridized carbons (Fsp3) is 0.500. The van der Waals surface area contributed by atoms with Crippen LogP contribution in [0, 0.1) is 11.8 Å². The number of hydrogen-bond donors (Lipinski definition) is 3. The Morgan fingerprint density at radius 1 is 1.05 bits per heavy atom. The van der Waals surface area contributed by atoms with E-state index in [0.29, 0.717) is 24.2 Å². The molecule has 0 bridgehead atoms. The lowest BCUT2D eigenvalue weighted by Gasteiger charge is -2.31. The smallest absolute Gasteiger partial charge is 0.227 e. The van der Waals surface area contributed by atoms with Gasteiger partial charge in [0.05, 0.1) is 30.6 Å². The fourth-order valence-electron chi connectivity index (χ4n) is 4.13. The summed E-state index contributed by atoms with van der Waals surface area (Å²) in [5, 5.41) is 11.0. The van der Waals surface area contributed by atoms with Crippen molar-refractivity contribution in [2.45, 2.75) is 51.8 Å². The second-order valence-corrected chi connectivity index (χ2v) is 12.4. The minimum atomic E-state index is -3.63. The Morgan fingerprint density at radius 2 is 1.71 bits per heavy atom. The van der Waals surface area contributed by atoms with Crippen LogP contribution in [-0.2, 0) is 32.4 Å². The van der Waals surface area contributed by atoms with Gasteiger partial charge in [-0.1, -0.05) is 56.3 Å². The Labute approximate surface area is 226 Å². The number of rotatable bonds is 16. The lowest BCUT2D eigenvalue weighted by atomic mass is 10.00. The van der Waals surface area contributed by atoms with Crippen LogP contribution in [0.25, 0.3) is 0 Å². The normalized spacial score (nSPS) is 14.1. The van der Waals surface area contributed by atoms with Crippen molar-refractivity contribution in [2.24, 2.45) is 23.3 Å². The molecule has 0 fully saturated rings. The standard InChI is InChI=1S/C28H41N3O6S/c1-20(2)12-13-38(35,36)19-23(16-27(30)33)28(34)31(17-22-10-7-11-24(14-22)37-3)18-26(32)25(29)15-21-8-5-4-6-9-21/h4-11,14,20,23,25-26,32H,12-13,15-19,29H2,1-3H3,(H2,30,33)/t23?,25-,26+/m0/s1. The summed E-state index contributed by atoms with van der Waals surface area (Å²) in [6.45, 7) is 3.74. The zero-order valence-electron chi connectivity index (χ0n) is 22.5. The van der Waals surface area contributed by atoms with Gasteiger partial charge in [-0.3, -0.25) is 9.59 Å². The van der Waals surface area contributed by atoms with Crippen molar-refractivity contribution in [2.75, 3.05) is 25.2 Å². The topological polar surface area (TPSA) is 153 Å². The molecular weight excluding hydrogens is 506 g/mol. The number of amides is 2. The molecule has 2 amide bonds. The summed E-state index contributed by atoms with van der Waals surface area (Å²) in [5.41, 5.74) is 13.3. The summed E-state index contributed by atoms with van der Waals surface area (Å²) < 4.78 is 30.9. The van der Waals surface area contributed by atoms with Gasteiger partial charge in [0.25, 0.3) is 0 Å². The Balaban J connectivity index is 2.31. The zero-order chi connectivity index (χ0) is 28.3. The summed E-state index contributed by atoms with van der Waals surface area (Å²) in [4.78, 5) is 26.9. The number of benzene rings is 2. The molecule has 1 unspecified atom stereocenters. The lowest BCUT2D eigenvalue weighted by Crippen LogP contribution is -2.49. The van der Waals surface area contributed by atoms with E-state index in [1.54, 1.807) is 24.3 Å². The Kier molecular flexibility index (Phi) is 12.2. The van der Waals surface area contributed by atoms with E-state index in [4.69, 9.17) is 16.2 Å². The molecule has 5 N–H and O–H groups in total. The fourth-order valence-corrected chi connectivity index (χ4v) is 6.00. The van der Waals surface area contributed by atoms with Gasteiger partial charge in [-0.15, -0.1) is 0 Å². The highest BCUT2D eigenvalue weighted by Gasteiger charge is 2.32. The number of carbonyl (C=O) groups is 2. The molecule has 9 nitrogen and oxygen atoms in total. The van der Waals surface area contributed by atoms with E-state index in [-0.39, 0.29) is 24.8 Å². The van der Waals surface area contributed by atoms with E-state index in [1.165, 1.54) is 12.0 Å². The van der Waals surface area contributed by atoms with Gasteiger partial charge < -0.3 is 26.2 Å². The minimum absolute atomic E-state index is 0.0620. The van der Waals surface area contributed by atoms with Crippen LogP contribution in [0.1, 0.15) is 37.8 Å². The van der Waals surface area contributed by atoms with E-state index < -0.39 is 51.9 Å². The highest BCUT2D eigenvalue weighted by molar-refractivity contribution is 7.91. The Bertz CT molecular complexity index is 1140. The molecule has 0 saturated carbocycles. The molecule has 2 aromatic rings. The average Bonchev–Trinajstić information content (AvgIpc) is 2.86. The van der Waals surface area contributed by atoms with Crippen molar-refractivity contribution < 1.29 is 27.9 Å². The first-order valence-corrected chi connectivity index (χ1v) is 14.6. The molecule has 3 atom stereocenters. The molecule has 0 spiro atoms. The third kappa shape index (κ3) is 10.8. The second kappa shape index (κ2) is 14.8. The maximum absolute atomic E-state index is 13.7. The zero-order valence-corrected chi connectivity index (χ0v) is 23.3. The molecule has 0 aliphatic heterocycles. The van der Waals surface area contributed by atoms with Crippen molar-refractivity contribution in [3.8, 4) is 5.75 Å². The number of sulfone groups is 1. The number of ether oxygens (including phenoxy) is 1. The predicted octanol–water partition coefficient (Wildman–Crippen LogP) is 1.91. The van der Waals surface area contributed by atoms with Gasteiger partial charge in [0.1, 0.15) is 5.75 Å². The van der Waals surface area contributed by atoms with Gasteiger partial charge >= 0.3 is 0 Å². The summed E-state index contributed by atoms with van der Waals surface area (Å²) >= 11 is 0. The number of aliphatic hydroxyl groups is 1. The van der Waals surface area contributed by atoms with Crippen LogP contribution in [0.15, 0.2) is 54.6 Å². The van der Waals surface area contributed by atoms with Crippen molar-refractivity contribution in [3.05, 3.63) is 65.7 Å². The molecule has 0 heterocycles. The largest absolute Gasteiger partial charge is 0.497 e. The molecule has 0 radical (unpaired) electrons. The van der Waals surface area contributed by atoms with Crippen LogP contribution in [0.5, 0.6) is 5.75 Å². The molecule has 38 heavy (non-hydrogen) atoms. The Hall–Kier alpha value is -2.95. The van der Waals surface area contributed by atoms with Crippen LogP contribution in [0.2, 0.25) is 0 Å². The minimum Gasteiger partial charge on any atom is -0.497 e. The van der Waals surface area contributed by atoms with Crippen LogP contribution in [0.4, 0.5) is 0 Å². The monoisotopic (exact) mass is 547 g/mol. The average molecular weight is 548 g/mol. The van der Waals surface area contributed by atoms with Crippen LogP contribution < -0.4 is 16.2 Å². The number of nitrogens with zero attached hydrogens (tertiary/aromatic N) is 1. The lowest BCUT2D eigenvalue weighted by molar-refractivity contribution is -0.139. The molecule has 0 aliphatic carbocycles. The third-order valence-electron chi connectivity index (χ3n) is 6.29. The van der Waals surface area contributed by atoms with Crippen LogP contribution in [-0.4, -0.2) is 67.5 Å². The number of primary amides is 1. The van der Waals surface area contributed by atoms with E-state index in [1.807, 2.05) is 44.2 Å². The van der Waals surface area contributed by atoms with Crippen LogP contribution in [0.3, 0.4) is 0 Å². The molecular formula is C28H41N3O6S.